The Hall–Kier alpha value is -3.75. The maximum atomic E-state index is 12.2. The van der Waals surface area contributed by atoms with Crippen molar-refractivity contribution in [3.63, 3.8) is 0 Å². The van der Waals surface area contributed by atoms with Gasteiger partial charge < -0.3 is 18.9 Å². The van der Waals surface area contributed by atoms with Crippen LogP contribution in [-0.2, 0) is 16.1 Å². The molecular weight excluding hydrogens is 506 g/mol. The van der Waals surface area contributed by atoms with E-state index in [9.17, 15) is 4.79 Å². The zero-order chi connectivity index (χ0) is 24.8. The molecule has 0 radical (unpaired) electrons. The van der Waals surface area contributed by atoms with Gasteiger partial charge in [-0.1, -0.05) is 0 Å². The zero-order valence-electron chi connectivity index (χ0n) is 19.6. The number of carbonyl (C=O) groups excluding carboxylic acids is 1. The van der Waals surface area contributed by atoms with Gasteiger partial charge in [-0.05, 0) is 24.3 Å². The molecular formula is C22H21N7O5S2. The number of thiazole rings is 1. The number of imidazole rings is 1. The van der Waals surface area contributed by atoms with Crippen LogP contribution in [0.5, 0.6) is 16.7 Å². The highest BCUT2D eigenvalue weighted by molar-refractivity contribution is 7.18. The van der Waals surface area contributed by atoms with Gasteiger partial charge in [0.15, 0.2) is 5.13 Å². The van der Waals surface area contributed by atoms with Crippen LogP contribution in [0.4, 0.5) is 5.13 Å². The maximum Gasteiger partial charge on any atom is 0.294 e. The lowest BCUT2D eigenvalue weighted by Gasteiger charge is -2.24. The Labute approximate surface area is 212 Å². The molecule has 12 nitrogen and oxygen atoms in total. The normalized spacial score (nSPS) is 14.2. The first kappa shape index (κ1) is 22.7. The third kappa shape index (κ3) is 4.02. The summed E-state index contributed by atoms with van der Waals surface area (Å²) in [6.07, 6.45) is 3.59. The lowest BCUT2D eigenvalue weighted by molar-refractivity contribution is -0.125. The van der Waals surface area contributed by atoms with Crippen molar-refractivity contribution in [1.29, 1.82) is 0 Å². The Morgan fingerprint density at radius 2 is 1.94 bits per heavy atom. The second-order valence-corrected chi connectivity index (χ2v) is 10.0. The average molecular weight is 528 g/mol. The van der Waals surface area contributed by atoms with E-state index in [1.165, 1.54) is 22.7 Å². The maximum absolute atomic E-state index is 12.2. The van der Waals surface area contributed by atoms with E-state index >= 15 is 0 Å². The minimum Gasteiger partial charge on any atom is -0.495 e. The lowest BCUT2D eigenvalue weighted by atomic mass is 10.3. The number of hydrogen-bond acceptors (Lipinski definition) is 11. The number of aromatic nitrogens is 6. The lowest BCUT2D eigenvalue weighted by Crippen LogP contribution is -2.41. The van der Waals surface area contributed by atoms with Crippen molar-refractivity contribution >= 4 is 44.2 Å². The molecule has 6 rings (SSSR count). The molecule has 5 aromatic heterocycles. The molecule has 5 aromatic rings. The topological polar surface area (TPSA) is 118 Å². The number of rotatable bonds is 7. The van der Waals surface area contributed by atoms with Gasteiger partial charge in [-0.15, -0.1) is 16.4 Å². The molecule has 14 heteroatoms. The van der Waals surface area contributed by atoms with E-state index in [0.717, 1.165) is 16.1 Å². The van der Waals surface area contributed by atoms with E-state index in [2.05, 4.69) is 20.2 Å². The van der Waals surface area contributed by atoms with Crippen molar-refractivity contribution < 1.29 is 23.7 Å². The largest absolute Gasteiger partial charge is 0.495 e. The fraction of sp³-hybridized carbons (Fsp3) is 0.318. The summed E-state index contributed by atoms with van der Waals surface area (Å²) in [5.41, 5.74) is 2.87. The van der Waals surface area contributed by atoms with Crippen LogP contribution in [0.25, 0.3) is 21.9 Å². The molecule has 0 atom stereocenters. The van der Waals surface area contributed by atoms with Gasteiger partial charge in [0.25, 0.3) is 11.1 Å². The first-order valence-electron chi connectivity index (χ1n) is 11.0. The molecule has 0 bridgehead atoms. The summed E-state index contributed by atoms with van der Waals surface area (Å²) in [7, 11) is 3.17. The van der Waals surface area contributed by atoms with Crippen molar-refractivity contribution in [2.45, 2.75) is 13.5 Å². The fourth-order valence-electron chi connectivity index (χ4n) is 3.81. The van der Waals surface area contributed by atoms with Crippen molar-refractivity contribution in [2.24, 2.45) is 0 Å². The van der Waals surface area contributed by atoms with Gasteiger partial charge in [0, 0.05) is 10.9 Å². The number of hydrogen-bond donors (Lipinski definition) is 0. The van der Waals surface area contributed by atoms with Crippen LogP contribution in [0.2, 0.25) is 0 Å². The molecule has 1 saturated heterocycles. The molecule has 1 aliphatic heterocycles. The van der Waals surface area contributed by atoms with Gasteiger partial charge in [0.1, 0.15) is 41.6 Å². The number of aryl methyl sites for hydroxylation is 1. The quantitative estimate of drug-likeness (QED) is 0.315. The molecule has 0 unspecified atom stereocenters. The van der Waals surface area contributed by atoms with Crippen LogP contribution in [0.3, 0.4) is 0 Å². The van der Waals surface area contributed by atoms with Crippen LogP contribution in [0.15, 0.2) is 24.5 Å². The molecule has 1 fully saturated rings. The minimum absolute atomic E-state index is 0.0775. The molecule has 0 aromatic carbocycles. The van der Waals surface area contributed by atoms with Gasteiger partial charge >= 0.3 is 0 Å². The number of pyridine rings is 1. The highest BCUT2D eigenvalue weighted by atomic mass is 32.1. The number of morpholine rings is 1. The number of fused-ring (bicyclic) bond motifs is 2. The van der Waals surface area contributed by atoms with Crippen molar-refractivity contribution in [2.75, 3.05) is 38.9 Å². The molecule has 0 spiro atoms. The molecule has 6 heterocycles. The summed E-state index contributed by atoms with van der Waals surface area (Å²) in [6.45, 7) is 3.27. The van der Waals surface area contributed by atoms with E-state index in [1.54, 1.807) is 40.5 Å². The Balaban J connectivity index is 1.29. The van der Waals surface area contributed by atoms with E-state index in [4.69, 9.17) is 18.9 Å². The van der Waals surface area contributed by atoms with Crippen molar-refractivity contribution in [1.82, 2.24) is 29.2 Å². The number of nitrogens with zero attached hydrogens (tertiary/aromatic N) is 7. The summed E-state index contributed by atoms with van der Waals surface area (Å²) in [5.74, 6) is 1.10. The molecule has 0 aliphatic carbocycles. The van der Waals surface area contributed by atoms with Gasteiger partial charge in [-0.2, -0.15) is 5.10 Å². The van der Waals surface area contributed by atoms with Crippen molar-refractivity contribution in [3.8, 4) is 28.1 Å². The molecule has 36 heavy (non-hydrogen) atoms. The van der Waals surface area contributed by atoms with Crippen LogP contribution in [-0.4, -0.2) is 69.1 Å². The third-order valence-electron chi connectivity index (χ3n) is 5.67. The van der Waals surface area contributed by atoms with Gasteiger partial charge in [-0.25, -0.2) is 19.0 Å². The Bertz CT molecular complexity index is 1550. The van der Waals surface area contributed by atoms with Crippen LogP contribution < -0.4 is 19.1 Å². The van der Waals surface area contributed by atoms with Crippen LogP contribution in [0, 0.1) is 6.92 Å². The smallest absolute Gasteiger partial charge is 0.294 e. The monoisotopic (exact) mass is 527 g/mol. The van der Waals surface area contributed by atoms with Crippen molar-refractivity contribution in [3.05, 3.63) is 35.1 Å². The number of methoxy groups -OCH3 is 2. The van der Waals surface area contributed by atoms with E-state index in [-0.39, 0.29) is 19.1 Å². The highest BCUT2D eigenvalue weighted by Crippen LogP contribution is 2.32. The predicted octanol–water partition coefficient (Wildman–Crippen LogP) is 2.83. The van der Waals surface area contributed by atoms with E-state index in [0.29, 0.717) is 51.3 Å². The summed E-state index contributed by atoms with van der Waals surface area (Å²) in [4.78, 5) is 24.8. The standard InChI is InChI=1S/C22H21N7O5S2/c1-12-16(24-20(35-12)27-4-5-33-11-19(27)30)10-34-18-6-13(31-2)8-28-17(18)7-14(25-28)15-9-29-21(23-15)36-22(26-29)32-3/h6-9H,4-5,10-11H2,1-3H3. The number of amides is 1. The first-order chi connectivity index (χ1) is 17.5. The van der Waals surface area contributed by atoms with E-state index in [1.807, 2.05) is 19.1 Å². The fourth-order valence-corrected chi connectivity index (χ4v) is 5.46. The van der Waals surface area contributed by atoms with Gasteiger partial charge in [-0.3, -0.25) is 9.69 Å². The van der Waals surface area contributed by atoms with E-state index < -0.39 is 0 Å². The molecule has 0 saturated carbocycles. The molecule has 186 valence electrons. The average Bonchev–Trinajstić information content (AvgIpc) is 3.64. The molecule has 1 aliphatic rings. The molecule has 1 amide bonds. The summed E-state index contributed by atoms with van der Waals surface area (Å²) < 4.78 is 25.4. The summed E-state index contributed by atoms with van der Waals surface area (Å²) in [5, 5.41) is 10.2. The van der Waals surface area contributed by atoms with Gasteiger partial charge in [0.2, 0.25) is 4.96 Å². The summed E-state index contributed by atoms with van der Waals surface area (Å²) >= 11 is 2.82. The Morgan fingerprint density at radius 3 is 2.72 bits per heavy atom. The number of anilines is 1. The van der Waals surface area contributed by atoms with Crippen LogP contribution in [0.1, 0.15) is 10.6 Å². The second-order valence-electron chi connectivity index (χ2n) is 7.91. The molecule has 0 N–H and O–H groups in total. The SMILES string of the molecule is COc1cc(OCc2nc(N3CCOCC3=O)sc2C)c2cc(-c3cn4nc(OC)sc4n3)nn2c1. The minimum atomic E-state index is -0.0865. The number of ether oxygens (including phenoxy) is 4. The second kappa shape index (κ2) is 9.04. The third-order valence-corrected chi connectivity index (χ3v) is 7.59. The number of carbonyl (C=O) groups is 1. The summed E-state index contributed by atoms with van der Waals surface area (Å²) in [6, 6.07) is 3.72. The predicted molar refractivity (Wildman–Crippen MR) is 133 cm³/mol. The zero-order valence-corrected chi connectivity index (χ0v) is 21.3. The first-order valence-corrected chi connectivity index (χ1v) is 12.6. The van der Waals surface area contributed by atoms with Crippen LogP contribution >= 0.6 is 22.7 Å². The van der Waals surface area contributed by atoms with Gasteiger partial charge in [0.05, 0.1) is 45.5 Å². The highest BCUT2D eigenvalue weighted by Gasteiger charge is 2.24. The Morgan fingerprint density at radius 1 is 1.06 bits per heavy atom. The Kier molecular flexibility index (Phi) is 5.70.